The van der Waals surface area contributed by atoms with E-state index in [0.29, 0.717) is 5.69 Å². The van der Waals surface area contributed by atoms with E-state index in [2.05, 4.69) is 5.10 Å². The molecule has 1 amide bonds. The van der Waals surface area contributed by atoms with Crippen molar-refractivity contribution in [2.45, 2.75) is 26.3 Å². The van der Waals surface area contributed by atoms with Crippen LogP contribution >= 0.6 is 0 Å². The third-order valence-corrected chi connectivity index (χ3v) is 2.78. The molecule has 17 heavy (non-hydrogen) atoms. The zero-order valence-corrected chi connectivity index (χ0v) is 10.5. The lowest BCUT2D eigenvalue weighted by Gasteiger charge is -2.22. The van der Waals surface area contributed by atoms with Crippen molar-refractivity contribution in [1.82, 2.24) is 14.7 Å². The van der Waals surface area contributed by atoms with E-state index >= 15 is 0 Å². The topological polar surface area (TPSA) is 75.4 Å². The minimum Gasteiger partial charge on any atom is -0.481 e. The maximum absolute atomic E-state index is 12.0. The highest BCUT2D eigenvalue weighted by Crippen LogP contribution is 2.09. The summed E-state index contributed by atoms with van der Waals surface area (Å²) in [6, 6.07) is 1.33. The summed E-state index contributed by atoms with van der Waals surface area (Å²) < 4.78 is 1.61. The summed E-state index contributed by atoms with van der Waals surface area (Å²) in [6.45, 7) is 3.55. The Balaban J connectivity index is 2.79. The van der Waals surface area contributed by atoms with Crippen molar-refractivity contribution in [1.29, 1.82) is 0 Å². The lowest BCUT2D eigenvalue weighted by atomic mass is 10.2. The molecule has 1 N–H and O–H groups in total. The standard InChI is InChI=1S/C11H17N3O3/c1-7(6-10(15)16)13(3)11(17)9-5-8(2)14(4)12-9/h5,7H,6H2,1-4H3,(H,15,16). The second kappa shape index (κ2) is 4.99. The normalized spacial score (nSPS) is 12.2. The molecule has 94 valence electrons. The number of rotatable bonds is 4. The number of hydrogen-bond donors (Lipinski definition) is 1. The van der Waals surface area contributed by atoms with Crippen molar-refractivity contribution in [2.75, 3.05) is 7.05 Å². The van der Waals surface area contributed by atoms with Crippen LogP contribution in [0.2, 0.25) is 0 Å². The molecular formula is C11H17N3O3. The van der Waals surface area contributed by atoms with Gasteiger partial charge in [0.05, 0.1) is 6.42 Å². The SMILES string of the molecule is Cc1cc(C(=O)N(C)C(C)CC(=O)O)nn1C. The van der Waals surface area contributed by atoms with Crippen LogP contribution in [0, 0.1) is 6.92 Å². The third kappa shape index (κ3) is 3.05. The lowest BCUT2D eigenvalue weighted by molar-refractivity contribution is -0.137. The summed E-state index contributed by atoms with van der Waals surface area (Å²) in [5, 5.41) is 12.7. The fourth-order valence-corrected chi connectivity index (χ4v) is 1.44. The number of aromatic nitrogens is 2. The van der Waals surface area contributed by atoms with Gasteiger partial charge in [-0.15, -0.1) is 0 Å². The highest BCUT2D eigenvalue weighted by Gasteiger charge is 2.21. The van der Waals surface area contributed by atoms with E-state index in [1.165, 1.54) is 4.90 Å². The van der Waals surface area contributed by atoms with Crippen LogP contribution in [-0.4, -0.2) is 44.8 Å². The highest BCUT2D eigenvalue weighted by molar-refractivity contribution is 5.92. The Labute approximate surface area is 99.8 Å². The zero-order valence-electron chi connectivity index (χ0n) is 10.5. The minimum atomic E-state index is -0.922. The number of hydrogen-bond acceptors (Lipinski definition) is 3. The first-order chi connectivity index (χ1) is 7.82. The summed E-state index contributed by atoms with van der Waals surface area (Å²) in [7, 11) is 3.34. The molecule has 0 aliphatic heterocycles. The molecule has 6 heteroatoms. The second-order valence-corrected chi connectivity index (χ2v) is 4.16. The van der Waals surface area contributed by atoms with E-state index in [1.807, 2.05) is 6.92 Å². The van der Waals surface area contributed by atoms with Gasteiger partial charge in [0, 0.05) is 25.8 Å². The van der Waals surface area contributed by atoms with Crippen LogP contribution in [0.25, 0.3) is 0 Å². The molecule has 0 aliphatic rings. The molecule has 1 aromatic heterocycles. The lowest BCUT2D eigenvalue weighted by Crippen LogP contribution is -2.36. The Morgan fingerprint density at radius 2 is 2.18 bits per heavy atom. The molecule has 0 aromatic carbocycles. The molecule has 1 unspecified atom stereocenters. The summed E-state index contributed by atoms with van der Waals surface area (Å²) in [5.74, 6) is -1.18. The predicted octanol–water partition coefficient (Wildman–Crippen LogP) is 0.664. The van der Waals surface area contributed by atoms with Gasteiger partial charge in [-0.05, 0) is 19.9 Å². The van der Waals surface area contributed by atoms with Gasteiger partial charge in [0.15, 0.2) is 5.69 Å². The van der Waals surface area contributed by atoms with Gasteiger partial charge in [-0.1, -0.05) is 0 Å². The van der Waals surface area contributed by atoms with Gasteiger partial charge < -0.3 is 10.0 Å². The number of carbonyl (C=O) groups is 2. The molecule has 0 saturated heterocycles. The Kier molecular flexibility index (Phi) is 3.88. The smallest absolute Gasteiger partial charge is 0.305 e. The Bertz CT molecular complexity index is 420. The number of aliphatic carboxylic acids is 1. The van der Waals surface area contributed by atoms with Crippen molar-refractivity contribution in [3.05, 3.63) is 17.5 Å². The maximum Gasteiger partial charge on any atom is 0.305 e. The van der Waals surface area contributed by atoms with E-state index in [9.17, 15) is 9.59 Å². The van der Waals surface area contributed by atoms with Crippen LogP contribution < -0.4 is 0 Å². The van der Waals surface area contributed by atoms with E-state index in [-0.39, 0.29) is 18.4 Å². The average molecular weight is 239 g/mol. The van der Waals surface area contributed by atoms with Crippen LogP contribution in [0.5, 0.6) is 0 Å². The van der Waals surface area contributed by atoms with Crippen molar-refractivity contribution in [2.24, 2.45) is 7.05 Å². The van der Waals surface area contributed by atoms with Gasteiger partial charge in [-0.2, -0.15) is 5.10 Å². The van der Waals surface area contributed by atoms with Crippen LogP contribution in [0.15, 0.2) is 6.07 Å². The number of amides is 1. The molecule has 1 aromatic rings. The molecule has 1 atom stereocenters. The fourth-order valence-electron chi connectivity index (χ4n) is 1.44. The monoisotopic (exact) mass is 239 g/mol. The Hall–Kier alpha value is -1.85. The van der Waals surface area contributed by atoms with Gasteiger partial charge in [-0.3, -0.25) is 14.3 Å². The van der Waals surface area contributed by atoms with Gasteiger partial charge >= 0.3 is 5.97 Å². The van der Waals surface area contributed by atoms with Gasteiger partial charge in [0.25, 0.3) is 5.91 Å². The second-order valence-electron chi connectivity index (χ2n) is 4.16. The van der Waals surface area contributed by atoms with E-state index in [4.69, 9.17) is 5.11 Å². The molecular weight excluding hydrogens is 222 g/mol. The summed E-state index contributed by atoms with van der Waals surface area (Å²) in [4.78, 5) is 24.0. The van der Waals surface area contributed by atoms with Crippen molar-refractivity contribution >= 4 is 11.9 Å². The number of aryl methyl sites for hydroxylation is 2. The summed E-state index contributed by atoms with van der Waals surface area (Å²) >= 11 is 0. The van der Waals surface area contributed by atoms with E-state index in [1.54, 1.807) is 31.8 Å². The fraction of sp³-hybridized carbons (Fsp3) is 0.545. The molecule has 0 radical (unpaired) electrons. The quantitative estimate of drug-likeness (QED) is 0.837. The minimum absolute atomic E-state index is 0.0753. The van der Waals surface area contributed by atoms with Crippen LogP contribution in [-0.2, 0) is 11.8 Å². The predicted molar refractivity (Wildman–Crippen MR) is 61.8 cm³/mol. The maximum atomic E-state index is 12.0. The molecule has 0 fully saturated rings. The molecule has 0 saturated carbocycles. The van der Waals surface area contributed by atoms with E-state index < -0.39 is 5.97 Å². The van der Waals surface area contributed by atoms with Crippen LogP contribution in [0.4, 0.5) is 0 Å². The molecule has 0 spiro atoms. The zero-order chi connectivity index (χ0) is 13.2. The highest BCUT2D eigenvalue weighted by atomic mass is 16.4. The number of carboxylic acid groups (broad SMARTS) is 1. The third-order valence-electron chi connectivity index (χ3n) is 2.78. The largest absolute Gasteiger partial charge is 0.481 e. The average Bonchev–Trinajstić information content (AvgIpc) is 2.56. The molecule has 0 aliphatic carbocycles. The van der Waals surface area contributed by atoms with Crippen molar-refractivity contribution in [3.63, 3.8) is 0 Å². The van der Waals surface area contributed by atoms with Crippen LogP contribution in [0.3, 0.4) is 0 Å². The first-order valence-corrected chi connectivity index (χ1v) is 5.32. The Morgan fingerprint density at radius 1 is 1.59 bits per heavy atom. The van der Waals surface area contributed by atoms with Gasteiger partial charge in [0.1, 0.15) is 0 Å². The summed E-state index contributed by atoms with van der Waals surface area (Å²) in [6.07, 6.45) is -0.0753. The molecule has 1 heterocycles. The number of nitrogens with zero attached hydrogens (tertiary/aromatic N) is 3. The first kappa shape index (κ1) is 13.2. The van der Waals surface area contributed by atoms with Gasteiger partial charge in [0.2, 0.25) is 0 Å². The molecule has 1 rings (SSSR count). The Morgan fingerprint density at radius 3 is 2.59 bits per heavy atom. The molecule has 6 nitrogen and oxygen atoms in total. The summed E-state index contributed by atoms with van der Waals surface area (Å²) in [5.41, 5.74) is 1.22. The van der Waals surface area contributed by atoms with Crippen molar-refractivity contribution in [3.8, 4) is 0 Å². The number of carbonyl (C=O) groups excluding carboxylic acids is 1. The van der Waals surface area contributed by atoms with Crippen LogP contribution in [0.1, 0.15) is 29.5 Å². The van der Waals surface area contributed by atoms with Gasteiger partial charge in [-0.25, -0.2) is 0 Å². The van der Waals surface area contributed by atoms with Crippen molar-refractivity contribution < 1.29 is 14.7 Å². The molecule has 0 bridgehead atoms. The number of carboxylic acids is 1. The van der Waals surface area contributed by atoms with E-state index in [0.717, 1.165) is 5.69 Å². The first-order valence-electron chi connectivity index (χ1n) is 5.32.